The van der Waals surface area contributed by atoms with Crippen LogP contribution in [-0.2, 0) is 0 Å². The molecule has 0 aliphatic carbocycles. The second-order valence-corrected chi connectivity index (χ2v) is 12.4. The van der Waals surface area contributed by atoms with Gasteiger partial charge in [0.25, 0.3) is 0 Å². The lowest BCUT2D eigenvalue weighted by atomic mass is 9.81. The van der Waals surface area contributed by atoms with E-state index in [2.05, 4.69) is 136 Å². The zero-order valence-corrected chi connectivity index (χ0v) is 30.0. The van der Waals surface area contributed by atoms with Gasteiger partial charge in [-0.2, -0.15) is 0 Å². The van der Waals surface area contributed by atoms with Crippen molar-refractivity contribution in [1.82, 2.24) is 0 Å². The van der Waals surface area contributed by atoms with Crippen LogP contribution in [0.1, 0.15) is 22.6 Å². The molecular weight excluding hydrogens is 653 g/mol. The maximum absolute atomic E-state index is 6.41. The van der Waals surface area contributed by atoms with Gasteiger partial charge in [0.1, 0.15) is 49.4 Å². The molecule has 0 aliphatic heterocycles. The van der Waals surface area contributed by atoms with E-state index in [0.29, 0.717) is 26.4 Å². The van der Waals surface area contributed by atoms with Gasteiger partial charge in [0, 0.05) is 17.0 Å². The first-order valence-electron chi connectivity index (χ1n) is 17.7. The van der Waals surface area contributed by atoms with E-state index in [-0.39, 0.29) is 5.92 Å². The largest absolute Gasteiger partial charge is 0.490 e. The molecule has 0 heterocycles. The summed E-state index contributed by atoms with van der Waals surface area (Å²) in [5, 5.41) is 0. The van der Waals surface area contributed by atoms with E-state index in [1.165, 1.54) is 0 Å². The molecule has 0 atom stereocenters. The van der Waals surface area contributed by atoms with Crippen molar-refractivity contribution in [3.63, 3.8) is 0 Å². The standard InChI is InChI=1S/C49H44O4/c1-5-30-50-43-24-18-38(19-25-43)41-22-28-47(52-32-7-3)45(34-41)49(40-16-14-37(15-17-40)36-12-10-9-11-13-36)46-35-42(23-29-48(46)53-33-8-4)39-20-26-44(27-21-39)51-31-6-2/h5-29,34-35,49H,1-4,30-33H2. The van der Waals surface area contributed by atoms with Crippen LogP contribution in [0, 0.1) is 0 Å². The molecule has 0 saturated heterocycles. The van der Waals surface area contributed by atoms with E-state index in [9.17, 15) is 0 Å². The van der Waals surface area contributed by atoms with Crippen molar-refractivity contribution in [1.29, 1.82) is 0 Å². The Morgan fingerprint density at radius 2 is 0.736 bits per heavy atom. The summed E-state index contributed by atoms with van der Waals surface area (Å²) < 4.78 is 24.4. The van der Waals surface area contributed by atoms with E-state index >= 15 is 0 Å². The molecule has 264 valence electrons. The van der Waals surface area contributed by atoms with Crippen LogP contribution in [0.3, 0.4) is 0 Å². The predicted molar refractivity (Wildman–Crippen MR) is 219 cm³/mol. The Bertz CT molecular complexity index is 2010. The second kappa shape index (κ2) is 18.1. The normalized spacial score (nSPS) is 10.7. The third-order valence-corrected chi connectivity index (χ3v) is 8.82. The van der Waals surface area contributed by atoms with Crippen LogP contribution >= 0.6 is 0 Å². The van der Waals surface area contributed by atoms with E-state index in [0.717, 1.165) is 73.1 Å². The van der Waals surface area contributed by atoms with Gasteiger partial charge in [0.15, 0.2) is 0 Å². The monoisotopic (exact) mass is 696 g/mol. The molecular formula is C49H44O4. The Hall–Kier alpha value is -6.52. The van der Waals surface area contributed by atoms with Crippen LogP contribution in [0.4, 0.5) is 0 Å². The number of ether oxygens (including phenoxy) is 4. The summed E-state index contributed by atoms with van der Waals surface area (Å²) in [5.74, 6) is 2.83. The van der Waals surface area contributed by atoms with Gasteiger partial charge in [-0.15, -0.1) is 0 Å². The van der Waals surface area contributed by atoms with Crippen molar-refractivity contribution in [2.45, 2.75) is 5.92 Å². The highest BCUT2D eigenvalue weighted by molar-refractivity contribution is 5.72. The van der Waals surface area contributed by atoms with Gasteiger partial charge in [-0.25, -0.2) is 0 Å². The van der Waals surface area contributed by atoms with Crippen molar-refractivity contribution in [3.05, 3.63) is 207 Å². The molecule has 0 N–H and O–H groups in total. The third-order valence-electron chi connectivity index (χ3n) is 8.82. The van der Waals surface area contributed by atoms with E-state index in [4.69, 9.17) is 18.9 Å². The molecule has 0 unspecified atom stereocenters. The number of benzene rings is 6. The Labute approximate surface area is 313 Å². The molecule has 6 aromatic rings. The number of rotatable bonds is 18. The lowest BCUT2D eigenvalue weighted by Gasteiger charge is -2.26. The van der Waals surface area contributed by atoms with Crippen LogP contribution in [0.2, 0.25) is 0 Å². The average Bonchev–Trinajstić information content (AvgIpc) is 3.22. The lowest BCUT2D eigenvalue weighted by Crippen LogP contribution is -2.10. The summed E-state index contributed by atoms with van der Waals surface area (Å²) >= 11 is 0. The van der Waals surface area contributed by atoms with Crippen molar-refractivity contribution in [3.8, 4) is 56.4 Å². The van der Waals surface area contributed by atoms with Gasteiger partial charge in [0.2, 0.25) is 0 Å². The van der Waals surface area contributed by atoms with Crippen LogP contribution in [0.15, 0.2) is 190 Å². The van der Waals surface area contributed by atoms with E-state index < -0.39 is 0 Å². The fraction of sp³-hybridized carbons (Fsp3) is 0.102. The Kier molecular flexibility index (Phi) is 12.4. The molecule has 4 nitrogen and oxygen atoms in total. The molecule has 0 radical (unpaired) electrons. The van der Waals surface area contributed by atoms with Gasteiger partial charge in [-0.1, -0.05) is 142 Å². The Morgan fingerprint density at radius 3 is 1.17 bits per heavy atom. The van der Waals surface area contributed by atoms with Gasteiger partial charge in [0.05, 0.1) is 0 Å². The summed E-state index contributed by atoms with van der Waals surface area (Å²) in [6.45, 7) is 17.0. The highest BCUT2D eigenvalue weighted by Gasteiger charge is 2.26. The Morgan fingerprint density at radius 1 is 0.377 bits per heavy atom. The van der Waals surface area contributed by atoms with Crippen LogP contribution < -0.4 is 18.9 Å². The summed E-state index contributed by atoms with van der Waals surface area (Å²) in [5.41, 5.74) is 9.59. The van der Waals surface area contributed by atoms with Crippen LogP contribution in [0.25, 0.3) is 33.4 Å². The predicted octanol–water partition coefficient (Wildman–Crippen LogP) is 12.1. The first-order valence-corrected chi connectivity index (χ1v) is 17.7. The van der Waals surface area contributed by atoms with Crippen LogP contribution in [-0.4, -0.2) is 26.4 Å². The quantitative estimate of drug-likeness (QED) is 0.0662. The average molecular weight is 697 g/mol. The third kappa shape index (κ3) is 9.05. The van der Waals surface area contributed by atoms with E-state index in [1.807, 2.05) is 30.3 Å². The highest BCUT2D eigenvalue weighted by atomic mass is 16.5. The summed E-state index contributed by atoms with van der Waals surface area (Å²) in [4.78, 5) is 0. The SMILES string of the molecule is C=CCOc1ccc(-c2ccc(OCC=C)c(C(c3ccc(-c4ccccc4)cc3)c3cc(-c4ccc(OCC=C)cc4)ccc3OCC=C)c2)cc1. The molecule has 0 saturated carbocycles. The minimum atomic E-state index is -0.273. The van der Waals surface area contributed by atoms with Crippen molar-refractivity contribution in [2.75, 3.05) is 26.4 Å². The maximum Gasteiger partial charge on any atom is 0.123 e. The number of hydrogen-bond acceptors (Lipinski definition) is 4. The lowest BCUT2D eigenvalue weighted by molar-refractivity contribution is 0.353. The minimum absolute atomic E-state index is 0.273. The smallest absolute Gasteiger partial charge is 0.123 e. The van der Waals surface area contributed by atoms with Crippen LogP contribution in [0.5, 0.6) is 23.0 Å². The summed E-state index contributed by atoms with van der Waals surface area (Å²) in [6, 6.07) is 48.2. The first kappa shape index (κ1) is 36.3. The topological polar surface area (TPSA) is 36.9 Å². The van der Waals surface area contributed by atoms with Gasteiger partial charge in [-0.3, -0.25) is 0 Å². The molecule has 0 spiro atoms. The molecule has 6 rings (SSSR count). The zero-order chi connectivity index (χ0) is 36.8. The minimum Gasteiger partial charge on any atom is -0.490 e. The first-order chi connectivity index (χ1) is 26.1. The second-order valence-electron chi connectivity index (χ2n) is 12.4. The molecule has 6 aromatic carbocycles. The van der Waals surface area contributed by atoms with Crippen molar-refractivity contribution < 1.29 is 18.9 Å². The zero-order valence-electron chi connectivity index (χ0n) is 30.0. The molecule has 53 heavy (non-hydrogen) atoms. The molecule has 0 bridgehead atoms. The van der Waals surface area contributed by atoms with Gasteiger partial charge in [-0.05, 0) is 87.5 Å². The Balaban J connectivity index is 1.54. The fourth-order valence-corrected chi connectivity index (χ4v) is 6.29. The molecule has 0 fully saturated rings. The molecule has 0 aliphatic rings. The van der Waals surface area contributed by atoms with Crippen molar-refractivity contribution >= 4 is 0 Å². The van der Waals surface area contributed by atoms with Gasteiger partial charge >= 0.3 is 0 Å². The fourth-order valence-electron chi connectivity index (χ4n) is 6.29. The van der Waals surface area contributed by atoms with Gasteiger partial charge < -0.3 is 18.9 Å². The molecule has 0 aromatic heterocycles. The molecule has 4 heteroatoms. The molecule has 0 amide bonds. The number of hydrogen-bond donors (Lipinski definition) is 0. The van der Waals surface area contributed by atoms with E-state index in [1.54, 1.807) is 24.3 Å². The maximum atomic E-state index is 6.41. The summed E-state index contributed by atoms with van der Waals surface area (Å²) in [6.07, 6.45) is 7.02. The van der Waals surface area contributed by atoms with Crippen molar-refractivity contribution in [2.24, 2.45) is 0 Å². The summed E-state index contributed by atoms with van der Waals surface area (Å²) in [7, 11) is 0. The highest BCUT2D eigenvalue weighted by Crippen LogP contribution is 2.45.